The molecule has 2 amide bonds. The van der Waals surface area contributed by atoms with E-state index < -0.39 is 0 Å². The molecule has 0 bridgehead atoms. The molecule has 1 aliphatic rings. The van der Waals surface area contributed by atoms with Crippen molar-refractivity contribution in [3.05, 3.63) is 86.2 Å². The first kappa shape index (κ1) is 28.0. The van der Waals surface area contributed by atoms with Crippen molar-refractivity contribution in [1.82, 2.24) is 0 Å². The summed E-state index contributed by atoms with van der Waals surface area (Å²) in [7, 11) is 0. The zero-order chi connectivity index (χ0) is 27.4. The fourth-order valence-corrected chi connectivity index (χ4v) is 5.26. The number of halogens is 2. The number of nitrogens with one attached hydrogen (secondary N) is 1. The number of ether oxygens (including phenoxy) is 2. The molecule has 0 radical (unpaired) electrons. The molecule has 38 heavy (non-hydrogen) atoms. The van der Waals surface area contributed by atoms with Crippen LogP contribution in [0.15, 0.2) is 59.5 Å². The molecule has 6 nitrogen and oxygen atoms in total. The van der Waals surface area contributed by atoms with Crippen molar-refractivity contribution < 1.29 is 19.1 Å². The van der Waals surface area contributed by atoms with Gasteiger partial charge < -0.3 is 14.8 Å². The van der Waals surface area contributed by atoms with E-state index in [-0.39, 0.29) is 18.4 Å². The van der Waals surface area contributed by atoms with Crippen LogP contribution in [-0.4, -0.2) is 29.3 Å². The van der Waals surface area contributed by atoms with Gasteiger partial charge in [0, 0.05) is 5.69 Å². The standard InChI is InChI=1S/C28H24Cl2N2O4S2/c1-4-35-24-12-18(7-10-23(24)36-15-26(33)31-22-11-16(2)5-6-17(22)3)13-25-27(34)32(28(37)38-25)19-8-9-20(29)21(30)14-19/h5-14H,4,15H2,1-3H3,(H,31,33)/b25-13-. The van der Waals surface area contributed by atoms with Crippen LogP contribution in [0.5, 0.6) is 11.5 Å². The smallest absolute Gasteiger partial charge is 0.270 e. The summed E-state index contributed by atoms with van der Waals surface area (Å²) in [6.45, 7) is 5.96. The Balaban J connectivity index is 1.49. The Morgan fingerprint density at radius 2 is 1.82 bits per heavy atom. The topological polar surface area (TPSA) is 67.9 Å². The molecule has 1 aliphatic heterocycles. The van der Waals surface area contributed by atoms with Gasteiger partial charge in [0.25, 0.3) is 11.8 Å². The van der Waals surface area contributed by atoms with E-state index in [9.17, 15) is 9.59 Å². The third-order valence-corrected chi connectivity index (χ3v) is 7.59. The molecule has 1 heterocycles. The zero-order valence-electron chi connectivity index (χ0n) is 20.8. The molecule has 196 valence electrons. The van der Waals surface area contributed by atoms with Crippen LogP contribution in [0.3, 0.4) is 0 Å². The Hall–Kier alpha value is -3.04. The van der Waals surface area contributed by atoms with Crippen molar-refractivity contribution in [2.24, 2.45) is 0 Å². The van der Waals surface area contributed by atoms with Gasteiger partial charge in [-0.1, -0.05) is 65.4 Å². The lowest BCUT2D eigenvalue weighted by atomic mass is 10.1. The van der Waals surface area contributed by atoms with Crippen molar-refractivity contribution >= 4 is 80.8 Å². The molecule has 0 aliphatic carbocycles. The van der Waals surface area contributed by atoms with Crippen LogP contribution in [-0.2, 0) is 9.59 Å². The van der Waals surface area contributed by atoms with Gasteiger partial charge in [-0.3, -0.25) is 14.5 Å². The molecule has 10 heteroatoms. The van der Waals surface area contributed by atoms with Gasteiger partial charge in [-0.15, -0.1) is 0 Å². The monoisotopic (exact) mass is 586 g/mol. The maximum absolute atomic E-state index is 13.1. The van der Waals surface area contributed by atoms with Crippen LogP contribution in [0.1, 0.15) is 23.6 Å². The number of anilines is 2. The van der Waals surface area contributed by atoms with Gasteiger partial charge in [-0.2, -0.15) is 0 Å². The van der Waals surface area contributed by atoms with Gasteiger partial charge in [0.05, 0.1) is 27.2 Å². The number of amides is 2. The summed E-state index contributed by atoms with van der Waals surface area (Å²) in [6.07, 6.45) is 1.73. The molecule has 0 saturated carbocycles. The van der Waals surface area contributed by atoms with Crippen LogP contribution in [0.25, 0.3) is 6.08 Å². The number of benzene rings is 3. The Morgan fingerprint density at radius 1 is 1.03 bits per heavy atom. The van der Waals surface area contributed by atoms with Gasteiger partial charge in [0.1, 0.15) is 0 Å². The molecule has 1 fully saturated rings. The number of nitrogens with zero attached hydrogens (tertiary/aromatic N) is 1. The number of rotatable bonds is 8. The number of thioether (sulfide) groups is 1. The first-order valence-electron chi connectivity index (χ1n) is 11.7. The van der Waals surface area contributed by atoms with Crippen molar-refractivity contribution in [3.63, 3.8) is 0 Å². The molecule has 3 aromatic carbocycles. The van der Waals surface area contributed by atoms with E-state index in [4.69, 9.17) is 44.9 Å². The highest BCUT2D eigenvalue weighted by molar-refractivity contribution is 8.27. The van der Waals surface area contributed by atoms with E-state index >= 15 is 0 Å². The van der Waals surface area contributed by atoms with Gasteiger partial charge in [-0.25, -0.2) is 0 Å². The second-order valence-electron chi connectivity index (χ2n) is 8.41. The Kier molecular flexibility index (Phi) is 8.99. The summed E-state index contributed by atoms with van der Waals surface area (Å²) in [5.74, 6) is 0.334. The predicted molar refractivity (Wildman–Crippen MR) is 160 cm³/mol. The molecule has 1 N–H and O–H groups in total. The van der Waals surface area contributed by atoms with Crippen molar-refractivity contribution in [3.8, 4) is 11.5 Å². The highest BCUT2D eigenvalue weighted by Gasteiger charge is 2.33. The zero-order valence-corrected chi connectivity index (χ0v) is 24.0. The number of carbonyl (C=O) groups excluding carboxylic acids is 2. The van der Waals surface area contributed by atoms with Gasteiger partial charge >= 0.3 is 0 Å². The number of hydrogen-bond acceptors (Lipinski definition) is 6. The fraction of sp³-hybridized carbons (Fsp3) is 0.179. The normalized spacial score (nSPS) is 14.2. The van der Waals surface area contributed by atoms with Gasteiger partial charge in [0.2, 0.25) is 0 Å². The average Bonchev–Trinajstić information content (AvgIpc) is 3.15. The lowest BCUT2D eigenvalue weighted by Gasteiger charge is -2.15. The van der Waals surface area contributed by atoms with E-state index in [1.54, 1.807) is 42.5 Å². The van der Waals surface area contributed by atoms with Crippen LogP contribution in [0.2, 0.25) is 10.0 Å². The van der Waals surface area contributed by atoms with E-state index in [0.717, 1.165) is 22.4 Å². The number of hydrogen-bond donors (Lipinski definition) is 1. The Morgan fingerprint density at radius 3 is 2.55 bits per heavy atom. The number of thiocarbonyl (C=S) groups is 1. The number of aryl methyl sites for hydroxylation is 2. The maximum atomic E-state index is 13.1. The van der Waals surface area contributed by atoms with Gasteiger partial charge in [-0.05, 0) is 79.9 Å². The second-order valence-corrected chi connectivity index (χ2v) is 10.9. The molecule has 1 saturated heterocycles. The summed E-state index contributed by atoms with van der Waals surface area (Å²) in [6, 6.07) is 16.0. The van der Waals surface area contributed by atoms with E-state index in [2.05, 4.69) is 5.32 Å². The molecule has 0 unspecified atom stereocenters. The third kappa shape index (κ3) is 6.50. The van der Waals surface area contributed by atoms with Crippen molar-refractivity contribution in [2.75, 3.05) is 23.4 Å². The third-order valence-electron chi connectivity index (χ3n) is 5.55. The maximum Gasteiger partial charge on any atom is 0.270 e. The molecular weight excluding hydrogens is 563 g/mol. The first-order valence-corrected chi connectivity index (χ1v) is 13.6. The van der Waals surface area contributed by atoms with E-state index in [1.165, 1.54) is 16.7 Å². The largest absolute Gasteiger partial charge is 0.490 e. The van der Waals surface area contributed by atoms with Gasteiger partial charge in [0.15, 0.2) is 22.4 Å². The summed E-state index contributed by atoms with van der Waals surface area (Å²) in [5, 5.41) is 3.61. The van der Waals surface area contributed by atoms with E-state index in [0.29, 0.717) is 43.1 Å². The molecule has 0 atom stereocenters. The van der Waals surface area contributed by atoms with Crippen LogP contribution >= 0.6 is 47.2 Å². The Labute approximate surface area is 240 Å². The lowest BCUT2D eigenvalue weighted by Crippen LogP contribution is -2.27. The predicted octanol–water partition coefficient (Wildman–Crippen LogP) is 7.43. The SMILES string of the molecule is CCOc1cc(/C=C2\SC(=S)N(c3ccc(Cl)c(Cl)c3)C2=O)ccc1OCC(=O)Nc1cc(C)ccc1C. The van der Waals surface area contributed by atoms with Crippen LogP contribution < -0.4 is 19.7 Å². The second kappa shape index (κ2) is 12.2. The fourth-order valence-electron chi connectivity index (χ4n) is 3.67. The average molecular weight is 588 g/mol. The quantitative estimate of drug-likeness (QED) is 0.218. The van der Waals surface area contributed by atoms with Crippen LogP contribution in [0.4, 0.5) is 11.4 Å². The first-order chi connectivity index (χ1) is 18.2. The summed E-state index contributed by atoms with van der Waals surface area (Å²) >= 11 is 18.8. The minimum atomic E-state index is -0.281. The molecule has 0 aromatic heterocycles. The Bertz CT molecular complexity index is 1460. The van der Waals surface area contributed by atoms with Crippen molar-refractivity contribution in [2.45, 2.75) is 20.8 Å². The number of carbonyl (C=O) groups is 2. The minimum absolute atomic E-state index is 0.185. The molecule has 4 rings (SSSR count). The highest BCUT2D eigenvalue weighted by atomic mass is 35.5. The minimum Gasteiger partial charge on any atom is -0.490 e. The van der Waals surface area contributed by atoms with Crippen molar-refractivity contribution in [1.29, 1.82) is 0 Å². The lowest BCUT2D eigenvalue weighted by molar-refractivity contribution is -0.118. The van der Waals surface area contributed by atoms with E-state index in [1.807, 2.05) is 39.0 Å². The summed E-state index contributed by atoms with van der Waals surface area (Å²) in [4.78, 5) is 27.5. The van der Waals surface area contributed by atoms with Crippen LogP contribution in [0, 0.1) is 13.8 Å². The molecule has 3 aromatic rings. The highest BCUT2D eigenvalue weighted by Crippen LogP contribution is 2.39. The molecule has 0 spiro atoms. The molecular formula is C28H24Cl2N2O4S2. The summed E-state index contributed by atoms with van der Waals surface area (Å²) in [5.41, 5.74) is 4.03. The summed E-state index contributed by atoms with van der Waals surface area (Å²) < 4.78 is 11.9.